The summed E-state index contributed by atoms with van der Waals surface area (Å²) in [6.07, 6.45) is 3.55. The minimum Gasteiger partial charge on any atom is -0.545 e. The summed E-state index contributed by atoms with van der Waals surface area (Å²) in [4.78, 5) is 10.4. The van der Waals surface area contributed by atoms with Crippen LogP contribution in [0.15, 0.2) is 36.7 Å². The van der Waals surface area contributed by atoms with Gasteiger partial charge in [0.05, 0.1) is 5.97 Å². The number of carboxylic acid groups (broad SMARTS) is 1. The molecular weight excluding hydrogens is 177 g/mol. The normalized spacial score (nSPS) is 9.54. The zero-order valence-corrected chi connectivity index (χ0v) is 9.23. The first kappa shape index (κ1) is 10.3. The molecule has 2 aromatic heterocycles. The summed E-state index contributed by atoms with van der Waals surface area (Å²) in [5, 5.41) is 10.4. The Kier molecular flexibility index (Phi) is 3.14. The summed E-state index contributed by atoms with van der Waals surface area (Å²) in [6, 6.07) is 6.79. The van der Waals surface area contributed by atoms with Crippen LogP contribution in [-0.4, -0.2) is 10.4 Å². The van der Waals surface area contributed by atoms with E-state index in [-0.39, 0.29) is 35.1 Å². The van der Waals surface area contributed by atoms with Crippen molar-refractivity contribution in [1.82, 2.24) is 4.40 Å². The molecule has 0 aliphatic heterocycles. The minimum absolute atomic E-state index is 0. The van der Waals surface area contributed by atoms with Crippen molar-refractivity contribution in [2.24, 2.45) is 0 Å². The molecule has 2 heterocycles. The van der Waals surface area contributed by atoms with Crippen LogP contribution in [0.4, 0.5) is 0 Å². The molecule has 0 unspecified atom stereocenters. The fourth-order valence-electron chi connectivity index (χ4n) is 1.16. The number of pyridine rings is 1. The van der Waals surface area contributed by atoms with Gasteiger partial charge in [-0.2, -0.15) is 0 Å². The van der Waals surface area contributed by atoms with Crippen LogP contribution in [0.2, 0.25) is 0 Å². The minimum atomic E-state index is -1.14. The topological polar surface area (TPSA) is 44.5 Å². The number of carboxylic acids is 1. The van der Waals surface area contributed by atoms with Crippen LogP contribution in [0.5, 0.6) is 0 Å². The van der Waals surface area contributed by atoms with Crippen LogP contribution in [-0.2, 0) is 0 Å². The molecule has 0 aliphatic carbocycles. The zero-order valence-electron chi connectivity index (χ0n) is 7.23. The molecule has 0 bridgehead atoms. The molecule has 4 heteroatoms. The largest absolute Gasteiger partial charge is 1.00 e. The van der Waals surface area contributed by atoms with Gasteiger partial charge in [0, 0.05) is 23.5 Å². The van der Waals surface area contributed by atoms with Gasteiger partial charge in [-0.25, -0.2) is 0 Å². The predicted molar refractivity (Wildman–Crippen MR) is 41.7 cm³/mol. The van der Waals surface area contributed by atoms with Crippen LogP contribution in [0.25, 0.3) is 5.52 Å². The van der Waals surface area contributed by atoms with Gasteiger partial charge < -0.3 is 14.3 Å². The summed E-state index contributed by atoms with van der Waals surface area (Å²) in [6.45, 7) is 0. The van der Waals surface area contributed by atoms with Crippen molar-refractivity contribution in [3.8, 4) is 0 Å². The maximum Gasteiger partial charge on any atom is 1.00 e. The Morgan fingerprint density at radius 3 is 2.77 bits per heavy atom. The molecule has 0 spiro atoms. The second kappa shape index (κ2) is 3.96. The first-order valence-corrected chi connectivity index (χ1v) is 3.55. The van der Waals surface area contributed by atoms with Gasteiger partial charge in [-0.1, -0.05) is 0 Å². The first-order valence-electron chi connectivity index (χ1n) is 3.55. The fourth-order valence-corrected chi connectivity index (χ4v) is 1.16. The van der Waals surface area contributed by atoms with Gasteiger partial charge in [0.2, 0.25) is 0 Å². The SMILES string of the molecule is O=C([O-])c1ccn2cccc2c1.[Na+]. The maximum absolute atomic E-state index is 10.4. The van der Waals surface area contributed by atoms with E-state index in [2.05, 4.69) is 0 Å². The molecule has 0 saturated heterocycles. The van der Waals surface area contributed by atoms with E-state index in [0.29, 0.717) is 0 Å². The summed E-state index contributed by atoms with van der Waals surface area (Å²) < 4.78 is 1.84. The van der Waals surface area contributed by atoms with Crippen LogP contribution in [0, 0.1) is 0 Å². The molecule has 0 N–H and O–H groups in total. The Morgan fingerprint density at radius 1 is 1.31 bits per heavy atom. The fraction of sp³-hybridized carbons (Fsp3) is 0. The molecule has 0 aromatic carbocycles. The molecular formula is C9H6NNaO2. The van der Waals surface area contributed by atoms with E-state index < -0.39 is 5.97 Å². The van der Waals surface area contributed by atoms with Crippen molar-refractivity contribution in [2.45, 2.75) is 0 Å². The number of carbonyl (C=O) groups excluding carboxylic acids is 1. The average Bonchev–Trinajstić information content (AvgIpc) is 2.49. The first-order chi connectivity index (χ1) is 5.77. The standard InChI is InChI=1S/C9H7NO2.Na/c11-9(12)7-3-5-10-4-1-2-8(10)6-7;/h1-6H,(H,11,12);/q;+1/p-1. The quantitative estimate of drug-likeness (QED) is 0.452. The van der Waals surface area contributed by atoms with Gasteiger partial charge >= 0.3 is 29.6 Å². The van der Waals surface area contributed by atoms with Crippen molar-refractivity contribution in [3.05, 3.63) is 42.2 Å². The number of aromatic nitrogens is 1. The Bertz CT molecular complexity index is 436. The number of hydrogen-bond acceptors (Lipinski definition) is 2. The maximum atomic E-state index is 10.4. The molecule has 0 atom stereocenters. The van der Waals surface area contributed by atoms with Gasteiger partial charge in [0.15, 0.2) is 0 Å². The van der Waals surface area contributed by atoms with E-state index in [1.165, 1.54) is 6.07 Å². The smallest absolute Gasteiger partial charge is 0.545 e. The third-order valence-corrected chi connectivity index (χ3v) is 1.77. The summed E-state index contributed by atoms with van der Waals surface area (Å²) >= 11 is 0. The third-order valence-electron chi connectivity index (χ3n) is 1.77. The number of carbonyl (C=O) groups is 1. The number of aromatic carboxylic acids is 1. The van der Waals surface area contributed by atoms with Gasteiger partial charge in [0.25, 0.3) is 0 Å². The number of hydrogen-bond donors (Lipinski definition) is 0. The second-order valence-electron chi connectivity index (χ2n) is 2.54. The third kappa shape index (κ3) is 1.94. The van der Waals surface area contributed by atoms with E-state index in [1.807, 2.05) is 22.7 Å². The molecule has 0 aliphatic rings. The average molecular weight is 183 g/mol. The second-order valence-corrected chi connectivity index (χ2v) is 2.54. The van der Waals surface area contributed by atoms with Crippen LogP contribution >= 0.6 is 0 Å². The Labute approximate surface area is 97.3 Å². The molecule has 2 aromatic rings. The molecule has 0 fully saturated rings. The van der Waals surface area contributed by atoms with E-state index in [4.69, 9.17) is 0 Å². The van der Waals surface area contributed by atoms with E-state index >= 15 is 0 Å². The molecule has 2 rings (SSSR count). The van der Waals surface area contributed by atoms with Crippen LogP contribution < -0.4 is 34.7 Å². The van der Waals surface area contributed by atoms with E-state index in [9.17, 15) is 9.90 Å². The summed E-state index contributed by atoms with van der Waals surface area (Å²) in [5.74, 6) is -1.14. The molecule has 0 radical (unpaired) electrons. The van der Waals surface area contributed by atoms with Crippen molar-refractivity contribution in [3.63, 3.8) is 0 Å². The van der Waals surface area contributed by atoms with Crippen molar-refractivity contribution >= 4 is 11.5 Å². The number of fused-ring (bicyclic) bond motifs is 1. The summed E-state index contributed by atoms with van der Waals surface area (Å²) in [5.41, 5.74) is 1.07. The van der Waals surface area contributed by atoms with Gasteiger partial charge in [0.1, 0.15) is 0 Å². The molecule has 60 valence electrons. The number of rotatable bonds is 1. The van der Waals surface area contributed by atoms with Crippen LogP contribution in [0.1, 0.15) is 10.4 Å². The Balaban J connectivity index is 0.000000845. The number of nitrogens with zero attached hydrogens (tertiary/aromatic N) is 1. The monoisotopic (exact) mass is 183 g/mol. The van der Waals surface area contributed by atoms with Crippen LogP contribution in [0.3, 0.4) is 0 Å². The zero-order chi connectivity index (χ0) is 8.55. The van der Waals surface area contributed by atoms with E-state index in [0.717, 1.165) is 5.52 Å². The van der Waals surface area contributed by atoms with Gasteiger partial charge in [-0.3, -0.25) is 0 Å². The molecule has 0 amide bonds. The van der Waals surface area contributed by atoms with Gasteiger partial charge in [-0.15, -0.1) is 0 Å². The van der Waals surface area contributed by atoms with Gasteiger partial charge in [-0.05, 0) is 24.3 Å². The molecule has 0 saturated carbocycles. The predicted octanol–water partition coefficient (Wildman–Crippen LogP) is -2.69. The Morgan fingerprint density at radius 2 is 2.08 bits per heavy atom. The molecule has 13 heavy (non-hydrogen) atoms. The molecule has 3 nitrogen and oxygen atoms in total. The van der Waals surface area contributed by atoms with E-state index in [1.54, 1.807) is 12.3 Å². The van der Waals surface area contributed by atoms with Crippen molar-refractivity contribution in [1.29, 1.82) is 0 Å². The summed E-state index contributed by atoms with van der Waals surface area (Å²) in [7, 11) is 0. The van der Waals surface area contributed by atoms with Crippen molar-refractivity contribution in [2.75, 3.05) is 0 Å². The Hall–Kier alpha value is -0.770. The van der Waals surface area contributed by atoms with Crippen molar-refractivity contribution < 1.29 is 39.5 Å².